The van der Waals surface area contributed by atoms with Crippen LogP contribution in [0, 0.1) is 29.1 Å². The number of esters is 2. The Morgan fingerprint density at radius 3 is 1.73 bits per heavy atom. The molecule has 0 amide bonds. The first-order chi connectivity index (χ1) is 17.7. The molecule has 1 unspecified atom stereocenters. The average molecular weight is 519 g/mol. The lowest BCUT2D eigenvalue weighted by molar-refractivity contribution is -0.152. The predicted octanol–water partition coefficient (Wildman–Crippen LogP) is 8.48. The molecule has 5 heteroatoms. The molecule has 1 N–H and O–H groups in total. The van der Waals surface area contributed by atoms with E-state index in [1.807, 2.05) is 0 Å². The van der Waals surface area contributed by atoms with Crippen molar-refractivity contribution in [2.45, 2.75) is 124 Å². The maximum Gasteiger partial charge on any atom is 0.372 e. The van der Waals surface area contributed by atoms with Gasteiger partial charge < -0.3 is 14.6 Å². The van der Waals surface area contributed by atoms with Crippen LogP contribution in [-0.4, -0.2) is 30.3 Å². The van der Waals surface area contributed by atoms with Gasteiger partial charge in [-0.15, -0.1) is 0 Å². The lowest BCUT2D eigenvalue weighted by Gasteiger charge is -2.39. The van der Waals surface area contributed by atoms with Crippen molar-refractivity contribution in [2.75, 3.05) is 13.2 Å². The zero-order chi connectivity index (χ0) is 27.3. The highest BCUT2D eigenvalue weighted by Crippen LogP contribution is 2.44. The standard InChI is InChI=1S/C32H54O5/c1-6-8-9-10-26-11-15-28(16-12-26)29-17-13-27(14-18-29)19-21-32(20-7-2,22-36-30(34)24(3)4)23-37-31(35)25(5)33/h26-29,33H,3,5-23H2,1-2,4H3. The SMILES string of the molecule is C=C(C)C(=O)OCC(CCC)(CCC1CCC(C2CCC(CCCCC)CC2)CC1)COC(=O)C(=C)O. The van der Waals surface area contributed by atoms with Crippen LogP contribution in [0.25, 0.3) is 0 Å². The molecule has 0 radical (unpaired) electrons. The first-order valence-corrected chi connectivity index (χ1v) is 15.1. The third-order valence-electron chi connectivity index (χ3n) is 9.13. The highest BCUT2D eigenvalue weighted by atomic mass is 16.6. The summed E-state index contributed by atoms with van der Waals surface area (Å²) in [6.07, 6.45) is 20.0. The molecular formula is C32H54O5. The van der Waals surface area contributed by atoms with Gasteiger partial charge in [0, 0.05) is 11.0 Å². The normalized spacial score (nSPS) is 25.6. The van der Waals surface area contributed by atoms with Crippen LogP contribution < -0.4 is 0 Å². The predicted molar refractivity (Wildman–Crippen MR) is 150 cm³/mol. The minimum atomic E-state index is -0.813. The molecule has 2 aliphatic rings. The fourth-order valence-corrected chi connectivity index (χ4v) is 6.72. The fraction of sp³-hybridized carbons (Fsp3) is 0.812. The van der Waals surface area contributed by atoms with E-state index in [1.54, 1.807) is 6.92 Å². The van der Waals surface area contributed by atoms with Gasteiger partial charge in [-0.25, -0.2) is 9.59 Å². The third-order valence-corrected chi connectivity index (χ3v) is 9.13. The molecule has 0 aliphatic heterocycles. The lowest BCUT2D eigenvalue weighted by Crippen LogP contribution is -2.36. The first-order valence-electron chi connectivity index (χ1n) is 15.1. The van der Waals surface area contributed by atoms with Gasteiger partial charge in [0.1, 0.15) is 13.2 Å². The molecule has 5 nitrogen and oxygen atoms in total. The molecule has 0 aromatic carbocycles. The van der Waals surface area contributed by atoms with Crippen LogP contribution in [0.5, 0.6) is 0 Å². The summed E-state index contributed by atoms with van der Waals surface area (Å²) in [6, 6.07) is 0. The Hall–Kier alpha value is -1.78. The van der Waals surface area contributed by atoms with Crippen molar-refractivity contribution < 1.29 is 24.2 Å². The van der Waals surface area contributed by atoms with E-state index in [0.29, 0.717) is 11.5 Å². The second kappa shape index (κ2) is 16.2. The fourth-order valence-electron chi connectivity index (χ4n) is 6.72. The molecule has 2 saturated carbocycles. The largest absolute Gasteiger partial charge is 0.502 e. The van der Waals surface area contributed by atoms with Crippen LogP contribution in [0.1, 0.15) is 124 Å². The van der Waals surface area contributed by atoms with Crippen molar-refractivity contribution in [3.8, 4) is 0 Å². The van der Waals surface area contributed by atoms with E-state index in [1.165, 1.54) is 77.0 Å². The van der Waals surface area contributed by atoms with Crippen LogP contribution >= 0.6 is 0 Å². The van der Waals surface area contributed by atoms with E-state index >= 15 is 0 Å². The van der Waals surface area contributed by atoms with Gasteiger partial charge in [0.15, 0.2) is 5.76 Å². The summed E-state index contributed by atoms with van der Waals surface area (Å²) >= 11 is 0. The summed E-state index contributed by atoms with van der Waals surface area (Å²) in [4.78, 5) is 24.1. The van der Waals surface area contributed by atoms with Gasteiger partial charge in [0.25, 0.3) is 0 Å². The van der Waals surface area contributed by atoms with Crippen LogP contribution in [0.15, 0.2) is 24.5 Å². The smallest absolute Gasteiger partial charge is 0.372 e. The number of ether oxygens (including phenoxy) is 2. The molecule has 2 aliphatic carbocycles. The quantitative estimate of drug-likeness (QED) is 0.0960. The number of unbranched alkanes of at least 4 members (excludes halogenated alkanes) is 2. The van der Waals surface area contributed by atoms with Crippen molar-refractivity contribution in [3.63, 3.8) is 0 Å². The van der Waals surface area contributed by atoms with E-state index in [-0.39, 0.29) is 13.2 Å². The molecule has 0 bridgehead atoms. The van der Waals surface area contributed by atoms with Gasteiger partial charge in [-0.1, -0.05) is 78.2 Å². The second-order valence-corrected chi connectivity index (χ2v) is 12.2. The molecule has 0 aromatic heterocycles. The number of aliphatic hydroxyl groups excluding tert-OH is 1. The summed E-state index contributed by atoms with van der Waals surface area (Å²) in [5.41, 5.74) is -0.0997. The Kier molecular flexibility index (Phi) is 13.8. The van der Waals surface area contributed by atoms with E-state index in [2.05, 4.69) is 27.0 Å². The van der Waals surface area contributed by atoms with Gasteiger partial charge in [-0.2, -0.15) is 0 Å². The Labute approximate surface area is 226 Å². The Morgan fingerprint density at radius 2 is 1.27 bits per heavy atom. The van der Waals surface area contributed by atoms with Gasteiger partial charge in [0.05, 0.1) is 0 Å². The lowest BCUT2D eigenvalue weighted by atomic mass is 9.67. The van der Waals surface area contributed by atoms with Crippen molar-refractivity contribution in [1.29, 1.82) is 0 Å². The van der Waals surface area contributed by atoms with E-state index < -0.39 is 23.1 Å². The minimum Gasteiger partial charge on any atom is -0.502 e. The Morgan fingerprint density at radius 1 is 0.757 bits per heavy atom. The third kappa shape index (κ3) is 10.9. The zero-order valence-corrected chi connectivity index (χ0v) is 24.0. The maximum absolute atomic E-state index is 12.1. The van der Waals surface area contributed by atoms with E-state index in [0.717, 1.165) is 43.4 Å². The number of hydrogen-bond acceptors (Lipinski definition) is 5. The molecule has 2 rings (SSSR count). The molecule has 37 heavy (non-hydrogen) atoms. The molecule has 1 atom stereocenters. The number of hydrogen-bond donors (Lipinski definition) is 1. The number of carbonyl (C=O) groups excluding carboxylic acids is 2. The molecule has 0 heterocycles. The van der Waals surface area contributed by atoms with Crippen molar-refractivity contribution in [2.24, 2.45) is 29.1 Å². The summed E-state index contributed by atoms with van der Waals surface area (Å²) in [6.45, 7) is 13.3. The Balaban J connectivity index is 1.87. The van der Waals surface area contributed by atoms with Crippen LogP contribution in [-0.2, 0) is 19.1 Å². The topological polar surface area (TPSA) is 72.8 Å². The van der Waals surface area contributed by atoms with Crippen LogP contribution in [0.2, 0.25) is 0 Å². The van der Waals surface area contributed by atoms with Crippen LogP contribution in [0.3, 0.4) is 0 Å². The highest BCUT2D eigenvalue weighted by molar-refractivity contribution is 5.87. The molecular weight excluding hydrogens is 464 g/mol. The van der Waals surface area contributed by atoms with Crippen molar-refractivity contribution >= 4 is 11.9 Å². The summed E-state index contributed by atoms with van der Waals surface area (Å²) in [5, 5.41) is 9.40. The summed E-state index contributed by atoms with van der Waals surface area (Å²) in [7, 11) is 0. The molecule has 212 valence electrons. The number of aliphatic hydroxyl groups is 1. The molecule has 0 saturated heterocycles. The van der Waals surface area contributed by atoms with Crippen LogP contribution in [0.4, 0.5) is 0 Å². The number of carbonyl (C=O) groups is 2. The zero-order valence-electron chi connectivity index (χ0n) is 24.0. The Bertz CT molecular complexity index is 695. The first kappa shape index (κ1) is 31.4. The maximum atomic E-state index is 12.1. The van der Waals surface area contributed by atoms with Gasteiger partial charge in [-0.3, -0.25) is 0 Å². The summed E-state index contributed by atoms with van der Waals surface area (Å²) in [5.74, 6) is 1.63. The number of rotatable bonds is 16. The highest BCUT2D eigenvalue weighted by Gasteiger charge is 2.36. The summed E-state index contributed by atoms with van der Waals surface area (Å²) < 4.78 is 11.0. The average Bonchev–Trinajstić information content (AvgIpc) is 2.90. The van der Waals surface area contributed by atoms with E-state index in [9.17, 15) is 14.7 Å². The van der Waals surface area contributed by atoms with Gasteiger partial charge in [0.2, 0.25) is 0 Å². The van der Waals surface area contributed by atoms with Gasteiger partial charge in [-0.05, 0) is 82.1 Å². The minimum absolute atomic E-state index is 0.111. The van der Waals surface area contributed by atoms with Crippen molar-refractivity contribution in [3.05, 3.63) is 24.5 Å². The molecule has 0 aromatic rings. The monoisotopic (exact) mass is 518 g/mol. The van der Waals surface area contributed by atoms with Crippen molar-refractivity contribution in [1.82, 2.24) is 0 Å². The van der Waals surface area contributed by atoms with E-state index in [4.69, 9.17) is 9.47 Å². The molecule has 0 spiro atoms. The molecule has 2 fully saturated rings. The second-order valence-electron chi connectivity index (χ2n) is 12.2. The van der Waals surface area contributed by atoms with Gasteiger partial charge >= 0.3 is 11.9 Å².